The summed E-state index contributed by atoms with van der Waals surface area (Å²) in [6, 6.07) is 18.4. The van der Waals surface area contributed by atoms with E-state index in [0.29, 0.717) is 32.0 Å². The first-order valence-electron chi connectivity index (χ1n) is 14.7. The molecule has 0 unspecified atom stereocenters. The van der Waals surface area contributed by atoms with E-state index in [-0.39, 0.29) is 29.3 Å². The third kappa shape index (κ3) is 7.81. The quantitative estimate of drug-likeness (QED) is 0.169. The van der Waals surface area contributed by atoms with Crippen molar-refractivity contribution in [1.82, 2.24) is 4.98 Å². The second kappa shape index (κ2) is 13.7. The molecule has 0 fully saturated rings. The second-order valence-electron chi connectivity index (χ2n) is 12.1. The highest BCUT2D eigenvalue weighted by Crippen LogP contribution is 2.38. The topological polar surface area (TPSA) is 80.3 Å². The van der Waals surface area contributed by atoms with Crippen LogP contribution in [0.2, 0.25) is 10.0 Å². The summed E-state index contributed by atoms with van der Waals surface area (Å²) in [7, 11) is 0. The molecule has 2 N–H and O–H groups in total. The van der Waals surface area contributed by atoms with Crippen molar-refractivity contribution in [2.45, 2.75) is 72.1 Å². The van der Waals surface area contributed by atoms with Crippen LogP contribution in [0, 0.1) is 6.92 Å². The van der Waals surface area contributed by atoms with Crippen molar-refractivity contribution < 1.29 is 14.3 Å². The van der Waals surface area contributed by atoms with Crippen molar-refractivity contribution in [2.75, 3.05) is 17.2 Å². The largest absolute Gasteiger partial charge is 0.483 e. The van der Waals surface area contributed by atoms with Gasteiger partial charge in [0.2, 0.25) is 0 Å². The molecule has 1 heterocycles. The Kier molecular flexibility index (Phi) is 10.4. The number of halogens is 2. The van der Waals surface area contributed by atoms with Crippen LogP contribution in [0.25, 0.3) is 11.3 Å². The van der Waals surface area contributed by atoms with Gasteiger partial charge in [0, 0.05) is 21.8 Å². The molecule has 0 bridgehead atoms. The molecule has 1 aromatic heterocycles. The fraction of sp³-hybridized carbons (Fsp3) is 0.343. The molecular weight excluding hydrogens is 613 g/mol. The van der Waals surface area contributed by atoms with Gasteiger partial charge in [0.1, 0.15) is 10.6 Å². The van der Waals surface area contributed by atoms with Crippen molar-refractivity contribution in [3.05, 3.63) is 91.7 Å². The molecule has 0 aliphatic carbocycles. The normalized spacial score (nSPS) is 11.8. The Labute approximate surface area is 274 Å². The minimum absolute atomic E-state index is 0.0480. The Morgan fingerprint density at radius 2 is 1.57 bits per heavy atom. The fourth-order valence-electron chi connectivity index (χ4n) is 4.60. The van der Waals surface area contributed by atoms with E-state index < -0.39 is 0 Å². The van der Waals surface area contributed by atoms with Crippen molar-refractivity contribution >= 4 is 57.7 Å². The smallest absolute Gasteiger partial charge is 0.268 e. The lowest BCUT2D eigenvalue weighted by Gasteiger charge is -2.30. The first kappa shape index (κ1) is 33.5. The zero-order valence-electron chi connectivity index (χ0n) is 26.2. The summed E-state index contributed by atoms with van der Waals surface area (Å²) in [5, 5.41) is 7.33. The van der Waals surface area contributed by atoms with Crippen LogP contribution in [-0.4, -0.2) is 23.4 Å². The zero-order chi connectivity index (χ0) is 32.2. The van der Waals surface area contributed by atoms with Gasteiger partial charge in [0.05, 0.1) is 21.4 Å². The average molecular weight is 653 g/mol. The zero-order valence-corrected chi connectivity index (χ0v) is 28.6. The summed E-state index contributed by atoms with van der Waals surface area (Å²) >= 11 is 13.6. The number of nitrogens with zero attached hydrogens (tertiary/aromatic N) is 1. The molecule has 0 saturated heterocycles. The number of anilines is 2. The summed E-state index contributed by atoms with van der Waals surface area (Å²) in [5.41, 5.74) is 4.63. The molecular formula is C35H39Cl2N3O3S. The summed E-state index contributed by atoms with van der Waals surface area (Å²) in [5.74, 6) is 0.127. The van der Waals surface area contributed by atoms with Crippen molar-refractivity contribution in [1.29, 1.82) is 0 Å². The Bertz CT molecular complexity index is 1660. The van der Waals surface area contributed by atoms with E-state index in [2.05, 4.69) is 69.3 Å². The summed E-state index contributed by atoms with van der Waals surface area (Å²) in [4.78, 5) is 31.1. The standard InChI is InChI=1S/C35H39Cl2N3O3S/c1-8-34(4,5)23-12-17-29(26(18-23)35(6,7)9-2)43-20-30(41)39-25-14-10-22(11-15-25)31-32(44-21(3)38-31)33(42)40-28-19-24(36)13-16-27(28)37/h10-19H,8-9,20H2,1-7H3,(H,39,41)(H,40,42). The van der Waals surface area contributed by atoms with E-state index in [1.165, 1.54) is 16.9 Å². The minimum Gasteiger partial charge on any atom is -0.483 e. The predicted molar refractivity (Wildman–Crippen MR) is 184 cm³/mol. The van der Waals surface area contributed by atoms with Crippen LogP contribution in [0.1, 0.15) is 80.2 Å². The van der Waals surface area contributed by atoms with Gasteiger partial charge in [-0.25, -0.2) is 4.98 Å². The lowest BCUT2D eigenvalue weighted by Crippen LogP contribution is -2.24. The maximum Gasteiger partial charge on any atom is 0.268 e. The molecule has 0 aliphatic rings. The Morgan fingerprint density at radius 3 is 2.23 bits per heavy atom. The Morgan fingerprint density at radius 1 is 0.886 bits per heavy atom. The molecule has 2 amide bonds. The molecule has 0 radical (unpaired) electrons. The van der Waals surface area contributed by atoms with Crippen LogP contribution in [-0.2, 0) is 15.6 Å². The van der Waals surface area contributed by atoms with Crippen molar-refractivity contribution in [3.63, 3.8) is 0 Å². The molecule has 44 heavy (non-hydrogen) atoms. The van der Waals surface area contributed by atoms with Gasteiger partial charge >= 0.3 is 0 Å². The van der Waals surface area contributed by atoms with Crippen LogP contribution < -0.4 is 15.4 Å². The molecule has 4 aromatic rings. The van der Waals surface area contributed by atoms with Crippen LogP contribution in [0.3, 0.4) is 0 Å². The summed E-state index contributed by atoms with van der Waals surface area (Å²) in [6.45, 7) is 15.0. The molecule has 0 spiro atoms. The molecule has 6 nitrogen and oxygen atoms in total. The van der Waals surface area contributed by atoms with Gasteiger partial charge in [-0.3, -0.25) is 9.59 Å². The number of nitrogens with one attached hydrogen (secondary N) is 2. The van der Waals surface area contributed by atoms with Gasteiger partial charge in [-0.15, -0.1) is 11.3 Å². The fourth-order valence-corrected chi connectivity index (χ4v) is 5.77. The third-order valence-electron chi connectivity index (χ3n) is 8.18. The molecule has 0 aliphatic heterocycles. The number of ether oxygens (including phenoxy) is 1. The van der Waals surface area contributed by atoms with Gasteiger partial charge in [-0.1, -0.05) is 89.0 Å². The molecule has 9 heteroatoms. The number of thiazole rings is 1. The lowest BCUT2D eigenvalue weighted by atomic mass is 9.76. The number of benzene rings is 3. The predicted octanol–water partition coefficient (Wildman–Crippen LogP) is 10.1. The number of aromatic nitrogens is 1. The summed E-state index contributed by atoms with van der Waals surface area (Å²) in [6.07, 6.45) is 1.96. The first-order chi connectivity index (χ1) is 20.7. The molecule has 232 valence electrons. The third-order valence-corrected chi connectivity index (χ3v) is 9.71. The van der Waals surface area contributed by atoms with Gasteiger partial charge in [0.15, 0.2) is 6.61 Å². The number of hydrogen-bond acceptors (Lipinski definition) is 5. The molecule has 0 atom stereocenters. The highest BCUT2D eigenvalue weighted by molar-refractivity contribution is 7.14. The maximum absolute atomic E-state index is 13.2. The highest BCUT2D eigenvalue weighted by Gasteiger charge is 2.27. The van der Waals surface area contributed by atoms with E-state index in [4.69, 9.17) is 27.9 Å². The first-order valence-corrected chi connectivity index (χ1v) is 16.2. The Balaban J connectivity index is 1.45. The monoisotopic (exact) mass is 651 g/mol. The molecule has 4 rings (SSSR count). The van der Waals surface area contributed by atoms with E-state index in [1.807, 2.05) is 25.1 Å². The van der Waals surface area contributed by atoms with Crippen LogP contribution in [0.4, 0.5) is 11.4 Å². The summed E-state index contributed by atoms with van der Waals surface area (Å²) < 4.78 is 6.08. The minimum atomic E-state index is -0.332. The molecule has 3 aromatic carbocycles. The second-order valence-corrected chi connectivity index (χ2v) is 14.1. The number of aryl methyl sites for hydroxylation is 1. The van der Waals surface area contributed by atoms with E-state index in [1.54, 1.807) is 30.3 Å². The van der Waals surface area contributed by atoms with Crippen LogP contribution in [0.15, 0.2) is 60.7 Å². The lowest BCUT2D eigenvalue weighted by molar-refractivity contribution is -0.118. The number of amides is 2. The van der Waals surface area contributed by atoms with E-state index in [0.717, 1.165) is 34.7 Å². The number of carbonyl (C=O) groups is 2. The number of hydrogen-bond donors (Lipinski definition) is 2. The van der Waals surface area contributed by atoms with Gasteiger partial charge in [0.25, 0.3) is 11.8 Å². The maximum atomic E-state index is 13.2. The number of rotatable bonds is 11. The highest BCUT2D eigenvalue weighted by atomic mass is 35.5. The Hall–Kier alpha value is -3.39. The van der Waals surface area contributed by atoms with E-state index >= 15 is 0 Å². The average Bonchev–Trinajstić information content (AvgIpc) is 3.39. The number of carbonyl (C=O) groups excluding carboxylic acids is 2. The molecule has 0 saturated carbocycles. The van der Waals surface area contributed by atoms with Crippen molar-refractivity contribution in [3.8, 4) is 17.0 Å². The van der Waals surface area contributed by atoms with E-state index in [9.17, 15) is 9.59 Å². The van der Waals surface area contributed by atoms with Gasteiger partial charge < -0.3 is 15.4 Å². The van der Waals surface area contributed by atoms with Gasteiger partial charge in [-0.2, -0.15) is 0 Å². The van der Waals surface area contributed by atoms with Crippen LogP contribution >= 0.6 is 34.5 Å². The SMILES string of the molecule is CCC(C)(C)c1ccc(OCC(=O)Nc2ccc(-c3nc(C)sc3C(=O)Nc3cc(Cl)ccc3Cl)cc2)c(C(C)(C)CC)c1. The van der Waals surface area contributed by atoms with Gasteiger partial charge in [-0.05, 0) is 72.6 Å². The van der Waals surface area contributed by atoms with Crippen molar-refractivity contribution in [2.24, 2.45) is 0 Å². The van der Waals surface area contributed by atoms with Crippen LogP contribution in [0.5, 0.6) is 5.75 Å².